The molecule has 0 saturated heterocycles. The lowest BCUT2D eigenvalue weighted by Gasteiger charge is -2.14. The number of aliphatic carboxylic acids is 1. The summed E-state index contributed by atoms with van der Waals surface area (Å²) in [6.07, 6.45) is 3.42. The Balaban J connectivity index is 2.41. The SMILES string of the molecule is CCCC(NC(=O)c1c(CC)nc2ccc(Br)cn12)C(=O)O. The summed E-state index contributed by atoms with van der Waals surface area (Å²) in [4.78, 5) is 28.2. The number of aryl methyl sites for hydroxylation is 1. The van der Waals surface area contributed by atoms with Gasteiger partial charge in [0.2, 0.25) is 0 Å². The van der Waals surface area contributed by atoms with Crippen LogP contribution in [0.1, 0.15) is 42.9 Å². The van der Waals surface area contributed by atoms with E-state index in [-0.39, 0.29) is 0 Å². The number of pyridine rings is 1. The number of hydrogen-bond donors (Lipinski definition) is 2. The minimum absolute atomic E-state index is 0.390. The predicted molar refractivity (Wildman–Crippen MR) is 86.1 cm³/mol. The molecule has 2 heterocycles. The molecule has 7 heteroatoms. The summed E-state index contributed by atoms with van der Waals surface area (Å²) in [6.45, 7) is 3.79. The van der Waals surface area contributed by atoms with Gasteiger partial charge in [-0.15, -0.1) is 0 Å². The monoisotopic (exact) mass is 367 g/mol. The number of halogens is 1. The van der Waals surface area contributed by atoms with E-state index in [1.807, 2.05) is 19.9 Å². The van der Waals surface area contributed by atoms with Crippen molar-refractivity contribution in [1.29, 1.82) is 0 Å². The fourth-order valence-electron chi connectivity index (χ4n) is 2.33. The van der Waals surface area contributed by atoms with Gasteiger partial charge >= 0.3 is 5.97 Å². The number of hydrogen-bond acceptors (Lipinski definition) is 3. The highest BCUT2D eigenvalue weighted by Crippen LogP contribution is 2.18. The number of carboxylic acid groups (broad SMARTS) is 1. The van der Waals surface area contributed by atoms with Crippen LogP contribution in [-0.2, 0) is 11.2 Å². The van der Waals surface area contributed by atoms with Gasteiger partial charge in [-0.2, -0.15) is 0 Å². The van der Waals surface area contributed by atoms with Crippen LogP contribution >= 0.6 is 15.9 Å². The number of aromatic nitrogens is 2. The lowest BCUT2D eigenvalue weighted by Crippen LogP contribution is -2.41. The molecule has 0 aliphatic carbocycles. The van der Waals surface area contributed by atoms with Gasteiger partial charge in [-0.25, -0.2) is 9.78 Å². The quantitative estimate of drug-likeness (QED) is 0.821. The number of carbonyl (C=O) groups is 2. The normalized spacial score (nSPS) is 12.3. The van der Waals surface area contributed by atoms with Crippen LogP contribution in [0.25, 0.3) is 5.65 Å². The third kappa shape index (κ3) is 3.30. The zero-order valence-corrected chi connectivity index (χ0v) is 14.1. The van der Waals surface area contributed by atoms with Crippen LogP contribution in [0.4, 0.5) is 0 Å². The van der Waals surface area contributed by atoms with Gasteiger partial charge in [-0.3, -0.25) is 9.20 Å². The maximum absolute atomic E-state index is 12.5. The van der Waals surface area contributed by atoms with E-state index in [4.69, 9.17) is 0 Å². The smallest absolute Gasteiger partial charge is 0.326 e. The lowest BCUT2D eigenvalue weighted by molar-refractivity contribution is -0.139. The first kappa shape index (κ1) is 16.5. The number of imidazole rings is 1. The standard InChI is InChI=1S/C15H18BrN3O3/c1-3-5-11(15(21)22)18-14(20)13-10(4-2)17-12-7-6-9(16)8-19(12)13/h6-8,11H,3-5H2,1-2H3,(H,18,20)(H,21,22). The molecular formula is C15H18BrN3O3. The van der Waals surface area contributed by atoms with Crippen molar-refractivity contribution in [2.24, 2.45) is 0 Å². The maximum atomic E-state index is 12.5. The number of rotatable bonds is 6. The van der Waals surface area contributed by atoms with Crippen LogP contribution < -0.4 is 5.32 Å². The number of amides is 1. The molecule has 2 aromatic rings. The first-order valence-electron chi connectivity index (χ1n) is 7.18. The number of carboxylic acids is 1. The second-order valence-electron chi connectivity index (χ2n) is 4.99. The van der Waals surface area contributed by atoms with Gasteiger partial charge in [0.05, 0.1) is 5.69 Å². The van der Waals surface area contributed by atoms with Crippen molar-refractivity contribution in [2.75, 3.05) is 0 Å². The molecule has 118 valence electrons. The molecule has 0 saturated carbocycles. The van der Waals surface area contributed by atoms with Crippen LogP contribution in [0.5, 0.6) is 0 Å². The van der Waals surface area contributed by atoms with Crippen molar-refractivity contribution < 1.29 is 14.7 Å². The zero-order valence-electron chi connectivity index (χ0n) is 12.5. The summed E-state index contributed by atoms with van der Waals surface area (Å²) in [7, 11) is 0. The van der Waals surface area contributed by atoms with Gasteiger partial charge in [-0.05, 0) is 40.9 Å². The Bertz CT molecular complexity index is 711. The molecule has 6 nitrogen and oxygen atoms in total. The van der Waals surface area contributed by atoms with E-state index >= 15 is 0 Å². The third-order valence-electron chi connectivity index (χ3n) is 3.39. The summed E-state index contributed by atoms with van der Waals surface area (Å²) < 4.78 is 2.50. The Labute approximate surface area is 136 Å². The minimum atomic E-state index is -1.02. The highest BCUT2D eigenvalue weighted by molar-refractivity contribution is 9.10. The molecule has 0 fully saturated rings. The van der Waals surface area contributed by atoms with E-state index in [9.17, 15) is 14.7 Å². The average molecular weight is 368 g/mol. The van der Waals surface area contributed by atoms with Crippen LogP contribution in [0.15, 0.2) is 22.8 Å². The van der Waals surface area contributed by atoms with Gasteiger partial charge in [0.25, 0.3) is 5.91 Å². The Morgan fingerprint density at radius 2 is 2.14 bits per heavy atom. The number of carbonyl (C=O) groups excluding carboxylic acids is 1. The number of nitrogens with one attached hydrogen (secondary N) is 1. The highest BCUT2D eigenvalue weighted by atomic mass is 79.9. The molecule has 1 unspecified atom stereocenters. The van der Waals surface area contributed by atoms with Crippen molar-refractivity contribution in [3.8, 4) is 0 Å². The van der Waals surface area contributed by atoms with E-state index in [2.05, 4.69) is 26.2 Å². The first-order chi connectivity index (χ1) is 10.5. The van der Waals surface area contributed by atoms with Crippen LogP contribution in [0.2, 0.25) is 0 Å². The van der Waals surface area contributed by atoms with Crippen molar-refractivity contribution in [3.63, 3.8) is 0 Å². The average Bonchev–Trinajstić information content (AvgIpc) is 2.84. The van der Waals surface area contributed by atoms with E-state index < -0.39 is 17.9 Å². The lowest BCUT2D eigenvalue weighted by atomic mass is 10.1. The fourth-order valence-corrected chi connectivity index (χ4v) is 2.66. The second kappa shape index (κ2) is 6.91. The van der Waals surface area contributed by atoms with E-state index in [0.717, 1.165) is 4.47 Å². The summed E-state index contributed by atoms with van der Waals surface area (Å²) in [5.74, 6) is -1.44. The highest BCUT2D eigenvalue weighted by Gasteiger charge is 2.24. The molecule has 2 rings (SSSR count). The van der Waals surface area contributed by atoms with Gasteiger partial charge in [0, 0.05) is 10.7 Å². The van der Waals surface area contributed by atoms with Gasteiger partial charge in [0.15, 0.2) is 0 Å². The molecule has 0 aliphatic rings. The van der Waals surface area contributed by atoms with Gasteiger partial charge in [0.1, 0.15) is 17.4 Å². The van der Waals surface area contributed by atoms with Crippen LogP contribution in [0.3, 0.4) is 0 Å². The molecule has 2 N–H and O–H groups in total. The fraction of sp³-hybridized carbons (Fsp3) is 0.400. The molecule has 22 heavy (non-hydrogen) atoms. The first-order valence-corrected chi connectivity index (χ1v) is 7.97. The maximum Gasteiger partial charge on any atom is 0.326 e. The van der Waals surface area contributed by atoms with Gasteiger partial charge < -0.3 is 10.4 Å². The number of fused-ring (bicyclic) bond motifs is 1. The van der Waals surface area contributed by atoms with Crippen molar-refractivity contribution >= 4 is 33.5 Å². The Morgan fingerprint density at radius 3 is 2.73 bits per heavy atom. The largest absolute Gasteiger partial charge is 0.480 e. The van der Waals surface area contributed by atoms with Crippen molar-refractivity contribution in [1.82, 2.24) is 14.7 Å². The number of nitrogens with zero attached hydrogens (tertiary/aromatic N) is 2. The van der Waals surface area contributed by atoms with Gasteiger partial charge in [-0.1, -0.05) is 20.3 Å². The summed E-state index contributed by atoms with van der Waals surface area (Å²) in [6, 6.07) is 2.77. The molecule has 0 radical (unpaired) electrons. The van der Waals surface area contributed by atoms with Crippen molar-refractivity contribution in [2.45, 2.75) is 39.2 Å². The van der Waals surface area contributed by atoms with Crippen LogP contribution in [-0.4, -0.2) is 32.4 Å². The topological polar surface area (TPSA) is 83.7 Å². The van der Waals surface area contributed by atoms with Crippen LogP contribution in [0, 0.1) is 0 Å². The summed E-state index contributed by atoms with van der Waals surface area (Å²) in [5, 5.41) is 11.8. The Morgan fingerprint density at radius 1 is 1.41 bits per heavy atom. The zero-order chi connectivity index (χ0) is 16.3. The molecule has 1 amide bonds. The molecule has 0 spiro atoms. The molecule has 1 atom stereocenters. The molecule has 0 aliphatic heterocycles. The minimum Gasteiger partial charge on any atom is -0.480 e. The molecule has 0 bridgehead atoms. The van der Waals surface area contributed by atoms with E-state index in [1.54, 1.807) is 16.7 Å². The second-order valence-corrected chi connectivity index (χ2v) is 5.90. The Hall–Kier alpha value is -1.89. The third-order valence-corrected chi connectivity index (χ3v) is 3.85. The molecule has 2 aromatic heterocycles. The van der Waals surface area contributed by atoms with Crippen molar-refractivity contribution in [3.05, 3.63) is 34.2 Å². The predicted octanol–water partition coefficient (Wildman–Crippen LogP) is 2.64. The Kier molecular flexibility index (Phi) is 5.18. The molecular weight excluding hydrogens is 350 g/mol. The van der Waals surface area contributed by atoms with E-state index in [0.29, 0.717) is 36.3 Å². The molecule has 0 aromatic carbocycles. The summed E-state index contributed by atoms with van der Waals surface area (Å²) >= 11 is 3.37. The summed E-state index contributed by atoms with van der Waals surface area (Å²) in [5.41, 5.74) is 1.70. The van der Waals surface area contributed by atoms with E-state index in [1.165, 1.54) is 0 Å².